The average molecular weight is 568 g/mol. The van der Waals surface area contributed by atoms with E-state index >= 15 is 0 Å². The fourth-order valence-electron chi connectivity index (χ4n) is 6.13. The first kappa shape index (κ1) is 24.4. The number of nitrogens with one attached hydrogen (secondary N) is 1. The number of pyridine rings is 2. The molecule has 1 unspecified atom stereocenters. The molecule has 0 aromatic carbocycles. The van der Waals surface area contributed by atoms with Gasteiger partial charge in [-0.1, -0.05) is 23.4 Å². The van der Waals surface area contributed by atoms with Gasteiger partial charge in [-0.3, -0.25) is 4.98 Å². The Kier molecular flexibility index (Phi) is 5.58. The van der Waals surface area contributed by atoms with Crippen molar-refractivity contribution >= 4 is 52.1 Å². The van der Waals surface area contributed by atoms with E-state index in [-0.39, 0.29) is 17.3 Å². The smallest absolute Gasteiger partial charge is 0.212 e. The van der Waals surface area contributed by atoms with Crippen molar-refractivity contribution in [1.82, 2.24) is 34.3 Å². The van der Waals surface area contributed by atoms with Gasteiger partial charge >= 0.3 is 0 Å². The van der Waals surface area contributed by atoms with Crippen molar-refractivity contribution in [1.29, 1.82) is 0 Å². The first-order chi connectivity index (χ1) is 18.3. The molecule has 3 N–H and O–H groups in total. The molecule has 0 amide bonds. The minimum Gasteiger partial charge on any atom is -0.597 e. The molecular formula is C25H26ClN9OS2. The largest absolute Gasteiger partial charge is 0.597 e. The molecule has 4 aromatic rings. The number of aromatic nitrogens is 6. The highest BCUT2D eigenvalue weighted by atomic mass is 35.5. The fraction of sp³-hybridized carbons (Fsp3) is 0.400. The van der Waals surface area contributed by atoms with Crippen LogP contribution in [0.25, 0.3) is 5.65 Å². The van der Waals surface area contributed by atoms with E-state index in [1.165, 1.54) is 22.9 Å². The summed E-state index contributed by atoms with van der Waals surface area (Å²) in [7, 11) is 0. The molecule has 3 aliphatic rings. The summed E-state index contributed by atoms with van der Waals surface area (Å²) in [6.45, 7) is 5.73. The number of nitrogens with zero attached hydrogens (tertiary/aromatic N) is 7. The summed E-state index contributed by atoms with van der Waals surface area (Å²) in [5.74, 6) is 1.09. The van der Waals surface area contributed by atoms with E-state index in [2.05, 4.69) is 30.9 Å². The van der Waals surface area contributed by atoms with E-state index in [9.17, 15) is 4.55 Å². The molecule has 7 rings (SSSR count). The molecule has 6 heterocycles. The molecule has 1 spiro atoms. The van der Waals surface area contributed by atoms with Gasteiger partial charge in [-0.15, -0.1) is 14.9 Å². The van der Waals surface area contributed by atoms with Crippen molar-refractivity contribution in [2.45, 2.75) is 53.7 Å². The Bertz CT molecular complexity index is 1570. The van der Waals surface area contributed by atoms with Crippen LogP contribution in [0.5, 0.6) is 0 Å². The molecular weight excluding hydrogens is 542 g/mol. The van der Waals surface area contributed by atoms with Crippen molar-refractivity contribution in [3.05, 3.63) is 58.9 Å². The van der Waals surface area contributed by atoms with E-state index in [0.717, 1.165) is 53.8 Å². The predicted molar refractivity (Wildman–Crippen MR) is 147 cm³/mol. The van der Waals surface area contributed by atoms with Crippen LogP contribution in [0.4, 0.5) is 11.8 Å². The first-order valence-corrected chi connectivity index (χ1v) is 14.8. The Balaban J connectivity index is 1.16. The summed E-state index contributed by atoms with van der Waals surface area (Å²) >= 11 is 6.64. The van der Waals surface area contributed by atoms with Crippen LogP contribution in [0.2, 0.25) is 5.02 Å². The number of anilines is 2. The Hall–Kier alpha value is -2.64. The van der Waals surface area contributed by atoms with Crippen molar-refractivity contribution in [2.75, 3.05) is 23.7 Å². The van der Waals surface area contributed by atoms with Gasteiger partial charge in [0, 0.05) is 70.2 Å². The van der Waals surface area contributed by atoms with E-state index < -0.39 is 16.1 Å². The third kappa shape index (κ3) is 3.54. The zero-order valence-electron chi connectivity index (χ0n) is 20.9. The first-order valence-electron chi connectivity index (χ1n) is 12.5. The Morgan fingerprint density at radius 1 is 1.16 bits per heavy atom. The topological polar surface area (TPSA) is 133 Å². The molecule has 13 heteroatoms. The van der Waals surface area contributed by atoms with Crippen LogP contribution in [0.15, 0.2) is 46.8 Å². The molecule has 196 valence electrons. The number of halogens is 1. The summed E-state index contributed by atoms with van der Waals surface area (Å²) in [6, 6.07) is 3.93. The average Bonchev–Trinajstić information content (AvgIpc) is 3.51. The van der Waals surface area contributed by atoms with Crippen molar-refractivity contribution in [3.63, 3.8) is 0 Å². The highest BCUT2D eigenvalue weighted by molar-refractivity contribution is 7.99. The number of hydrogen-bond donors (Lipinski definition) is 2. The molecule has 2 atom stereocenters. The number of rotatable bonds is 3. The van der Waals surface area contributed by atoms with Gasteiger partial charge in [0.25, 0.3) is 0 Å². The predicted octanol–water partition coefficient (Wildman–Crippen LogP) is 3.69. The maximum atomic E-state index is 13.2. The molecule has 1 aliphatic carbocycles. The second-order valence-electron chi connectivity index (χ2n) is 10.6. The monoisotopic (exact) mass is 567 g/mol. The highest BCUT2D eigenvalue weighted by Gasteiger charge is 2.57. The zero-order valence-corrected chi connectivity index (χ0v) is 23.3. The van der Waals surface area contributed by atoms with Gasteiger partial charge in [0.05, 0.1) is 16.0 Å². The summed E-state index contributed by atoms with van der Waals surface area (Å²) in [4.78, 5) is 17.5. The van der Waals surface area contributed by atoms with Crippen molar-refractivity contribution in [3.8, 4) is 0 Å². The third-order valence-electron chi connectivity index (χ3n) is 8.25. The molecule has 38 heavy (non-hydrogen) atoms. The Labute approximate surface area is 232 Å². The Morgan fingerprint density at radius 3 is 2.76 bits per heavy atom. The minimum atomic E-state index is -1.16. The molecule has 10 nitrogen and oxygen atoms in total. The van der Waals surface area contributed by atoms with E-state index in [1.54, 1.807) is 12.5 Å². The van der Waals surface area contributed by atoms with E-state index in [4.69, 9.17) is 27.3 Å². The fourth-order valence-corrected chi connectivity index (χ4v) is 8.51. The maximum Gasteiger partial charge on any atom is 0.212 e. The molecule has 0 saturated carbocycles. The summed E-state index contributed by atoms with van der Waals surface area (Å²) in [5.41, 5.74) is 10.2. The van der Waals surface area contributed by atoms with Crippen LogP contribution in [-0.4, -0.2) is 47.2 Å². The van der Waals surface area contributed by atoms with Crippen molar-refractivity contribution < 1.29 is 4.55 Å². The Morgan fingerprint density at radius 2 is 1.95 bits per heavy atom. The van der Waals surface area contributed by atoms with Gasteiger partial charge < -0.3 is 15.2 Å². The van der Waals surface area contributed by atoms with Crippen LogP contribution in [0, 0.1) is 5.41 Å². The molecule has 2 aliphatic heterocycles. The SMILES string of the molecule is CC1(C)c2ccnc3c2[C@@H](N[S+]1[O-])C1(CCN(c2ncc(Sc4ccnc(N)c4Cl)c4nncn24)CC1)C3. The molecule has 0 radical (unpaired) electrons. The van der Waals surface area contributed by atoms with Gasteiger partial charge in [0.1, 0.15) is 12.1 Å². The van der Waals surface area contributed by atoms with Crippen LogP contribution >= 0.6 is 23.4 Å². The molecule has 0 bridgehead atoms. The van der Waals surface area contributed by atoms with Crippen LogP contribution in [-0.2, 0) is 22.5 Å². The summed E-state index contributed by atoms with van der Waals surface area (Å²) in [6.07, 6.45) is 9.80. The van der Waals surface area contributed by atoms with Gasteiger partial charge in [-0.2, -0.15) is 0 Å². The van der Waals surface area contributed by atoms with E-state index in [1.807, 2.05) is 36.7 Å². The lowest BCUT2D eigenvalue weighted by Gasteiger charge is -2.46. The second kappa shape index (κ2) is 8.68. The number of hydrogen-bond acceptors (Lipinski definition) is 10. The summed E-state index contributed by atoms with van der Waals surface area (Å²) < 4.78 is 18.2. The molecule has 1 saturated heterocycles. The maximum absolute atomic E-state index is 13.2. The van der Waals surface area contributed by atoms with Gasteiger partial charge in [-0.05, 0) is 45.2 Å². The third-order valence-corrected chi connectivity index (χ3v) is 11.4. The number of piperidine rings is 1. The van der Waals surface area contributed by atoms with Crippen LogP contribution < -0.4 is 15.4 Å². The number of nitrogen functional groups attached to an aromatic ring is 1. The van der Waals surface area contributed by atoms with Gasteiger partial charge in [0.2, 0.25) is 5.95 Å². The second-order valence-corrected chi connectivity index (χ2v) is 13.9. The van der Waals surface area contributed by atoms with Crippen molar-refractivity contribution in [2.24, 2.45) is 5.41 Å². The quantitative estimate of drug-likeness (QED) is 0.353. The lowest BCUT2D eigenvalue weighted by molar-refractivity contribution is 0.172. The van der Waals surface area contributed by atoms with Crippen LogP contribution in [0.1, 0.15) is 49.6 Å². The van der Waals surface area contributed by atoms with Crippen LogP contribution in [0.3, 0.4) is 0 Å². The lowest BCUT2D eigenvalue weighted by Crippen LogP contribution is -2.53. The van der Waals surface area contributed by atoms with Gasteiger partial charge in [0.15, 0.2) is 10.4 Å². The number of nitrogens with two attached hydrogens (primary N) is 1. The lowest BCUT2D eigenvalue weighted by atomic mass is 9.72. The number of fused-ring (bicyclic) bond motifs is 2. The molecule has 4 aromatic heterocycles. The normalized spacial score (nSPS) is 23.2. The van der Waals surface area contributed by atoms with E-state index in [0.29, 0.717) is 10.7 Å². The summed E-state index contributed by atoms with van der Waals surface area (Å²) in [5, 5.41) is 8.95. The van der Waals surface area contributed by atoms with Gasteiger partial charge in [-0.25, -0.2) is 14.4 Å². The standard InChI is InChI=1S/C25H26ClN9OS2/c1-24(2)14-3-7-28-15-11-25(20(18(14)15)33-38(24)36)5-9-34(10-6-25)23-30-12-17(22-32-31-13-35(22)23)37-16-4-8-29-21(27)19(16)26/h3-4,7-8,12-13,20,33H,5-6,9-11H2,1-2H3,(H2,27,29)/t20-,38?/m1/s1. The zero-order chi connectivity index (χ0) is 26.2. The highest BCUT2D eigenvalue weighted by Crippen LogP contribution is 2.57. The molecule has 1 fully saturated rings. The minimum absolute atomic E-state index is 0.0196.